The molecule has 3 rings (SSSR count). The minimum atomic E-state index is -4.00. The molecule has 2 N–H and O–H groups in total. The molecule has 9 nitrogen and oxygen atoms in total. The average Bonchev–Trinajstić information content (AvgIpc) is 2.73. The number of rotatable bonds is 7. The van der Waals surface area contributed by atoms with Gasteiger partial charge in [0.2, 0.25) is 5.88 Å². The van der Waals surface area contributed by atoms with E-state index in [9.17, 15) is 17.6 Å². The number of nitrogens with zero attached hydrogens (tertiary/aromatic N) is 2. The third-order valence-corrected chi connectivity index (χ3v) is 5.77. The predicted octanol–water partition coefficient (Wildman–Crippen LogP) is 3.45. The van der Waals surface area contributed by atoms with Crippen LogP contribution in [0.2, 0.25) is 0 Å². The van der Waals surface area contributed by atoms with Crippen LogP contribution in [-0.2, 0) is 10.0 Å². The monoisotopic (exact) mass is 510 g/mol. The van der Waals surface area contributed by atoms with E-state index in [-0.39, 0.29) is 33.9 Å². The third kappa shape index (κ3) is 5.47. The van der Waals surface area contributed by atoms with E-state index < -0.39 is 21.7 Å². The van der Waals surface area contributed by atoms with Crippen molar-refractivity contribution in [2.45, 2.75) is 4.90 Å². The summed E-state index contributed by atoms with van der Waals surface area (Å²) in [5, 5.41) is 2.51. The summed E-state index contributed by atoms with van der Waals surface area (Å²) < 4.78 is 51.9. The van der Waals surface area contributed by atoms with Crippen molar-refractivity contribution in [1.29, 1.82) is 0 Å². The number of amides is 1. The summed E-state index contributed by atoms with van der Waals surface area (Å²) in [6.45, 7) is 0. The van der Waals surface area contributed by atoms with Gasteiger partial charge in [0.15, 0.2) is 5.82 Å². The number of nitrogens with one attached hydrogen (secondary N) is 2. The molecule has 0 atom stereocenters. The number of halogens is 2. The summed E-state index contributed by atoms with van der Waals surface area (Å²) in [4.78, 5) is 20.0. The highest BCUT2D eigenvalue weighted by Crippen LogP contribution is 2.22. The second-order valence-corrected chi connectivity index (χ2v) is 8.59. The first-order valence-corrected chi connectivity index (χ1v) is 10.9. The van der Waals surface area contributed by atoms with Gasteiger partial charge in [0.1, 0.15) is 5.82 Å². The molecular weight excluding hydrogens is 495 g/mol. The number of aromatic nitrogens is 2. The van der Waals surface area contributed by atoms with Gasteiger partial charge in [-0.3, -0.25) is 9.52 Å². The molecule has 1 aromatic heterocycles. The van der Waals surface area contributed by atoms with Gasteiger partial charge in [-0.25, -0.2) is 12.8 Å². The summed E-state index contributed by atoms with van der Waals surface area (Å²) in [5.41, 5.74) is 0.143. The summed E-state index contributed by atoms with van der Waals surface area (Å²) >= 11 is 3.12. The molecule has 1 amide bonds. The van der Waals surface area contributed by atoms with Crippen molar-refractivity contribution in [2.24, 2.45) is 0 Å². The zero-order chi connectivity index (χ0) is 22.6. The summed E-state index contributed by atoms with van der Waals surface area (Å²) in [6, 6.07) is 10.6. The number of hydrogen-bond donors (Lipinski definition) is 2. The van der Waals surface area contributed by atoms with Gasteiger partial charge in [-0.15, -0.1) is 0 Å². The maximum Gasteiger partial charge on any atom is 0.321 e. The maximum atomic E-state index is 13.9. The molecule has 0 aliphatic rings. The van der Waals surface area contributed by atoms with E-state index in [2.05, 4.69) is 35.9 Å². The second kappa shape index (κ2) is 9.27. The first-order valence-electron chi connectivity index (χ1n) is 8.58. The minimum absolute atomic E-state index is 0.0493. The molecule has 0 saturated carbocycles. The van der Waals surface area contributed by atoms with Crippen LogP contribution in [0.15, 0.2) is 57.9 Å². The average molecular weight is 511 g/mol. The number of methoxy groups -OCH3 is 2. The van der Waals surface area contributed by atoms with Crippen molar-refractivity contribution in [1.82, 2.24) is 9.97 Å². The van der Waals surface area contributed by atoms with Crippen LogP contribution < -0.4 is 19.5 Å². The Labute approximate surface area is 185 Å². The fourth-order valence-electron chi connectivity index (χ4n) is 2.44. The van der Waals surface area contributed by atoms with E-state index in [1.165, 1.54) is 62.8 Å². The molecule has 162 valence electrons. The summed E-state index contributed by atoms with van der Waals surface area (Å²) in [7, 11) is -1.30. The highest BCUT2D eigenvalue weighted by molar-refractivity contribution is 9.10. The number of carbonyl (C=O) groups is 1. The molecule has 0 bridgehead atoms. The molecule has 3 aromatic rings. The summed E-state index contributed by atoms with van der Waals surface area (Å²) in [5.74, 6) is -1.29. The lowest BCUT2D eigenvalue weighted by Crippen LogP contribution is -2.16. The normalized spacial score (nSPS) is 11.0. The van der Waals surface area contributed by atoms with Crippen LogP contribution in [0.4, 0.5) is 15.9 Å². The first kappa shape index (κ1) is 22.4. The van der Waals surface area contributed by atoms with Gasteiger partial charge in [0.05, 0.1) is 24.7 Å². The largest absolute Gasteiger partial charge is 0.481 e. The molecule has 2 aromatic carbocycles. The number of benzene rings is 2. The quantitative estimate of drug-likeness (QED) is 0.499. The van der Waals surface area contributed by atoms with Crippen molar-refractivity contribution in [3.63, 3.8) is 0 Å². The molecule has 0 spiro atoms. The molecule has 12 heteroatoms. The molecule has 0 radical (unpaired) electrons. The molecule has 0 saturated heterocycles. The zero-order valence-electron chi connectivity index (χ0n) is 16.2. The van der Waals surface area contributed by atoms with Crippen LogP contribution in [0.1, 0.15) is 10.4 Å². The SMILES string of the molecule is COc1cc(NS(=O)(=O)c2ccc(NC(=O)c3ccc(Br)cc3F)cc2)nc(OC)n1. The number of ether oxygens (including phenoxy) is 2. The second-order valence-electron chi connectivity index (χ2n) is 5.99. The fraction of sp³-hybridized carbons (Fsp3) is 0.105. The molecule has 0 aliphatic heterocycles. The van der Waals surface area contributed by atoms with Crippen LogP contribution in [0.3, 0.4) is 0 Å². The highest BCUT2D eigenvalue weighted by Gasteiger charge is 2.18. The van der Waals surface area contributed by atoms with Crippen molar-refractivity contribution >= 4 is 43.4 Å². The molecule has 0 aliphatic carbocycles. The van der Waals surface area contributed by atoms with Gasteiger partial charge in [-0.05, 0) is 42.5 Å². The molecule has 1 heterocycles. The number of hydrogen-bond acceptors (Lipinski definition) is 7. The topological polar surface area (TPSA) is 120 Å². The van der Waals surface area contributed by atoms with Gasteiger partial charge in [0, 0.05) is 16.2 Å². The lowest BCUT2D eigenvalue weighted by atomic mass is 10.2. The van der Waals surface area contributed by atoms with E-state index in [4.69, 9.17) is 9.47 Å². The lowest BCUT2D eigenvalue weighted by molar-refractivity contribution is 0.102. The van der Waals surface area contributed by atoms with Crippen molar-refractivity contribution < 1.29 is 27.1 Å². The molecule has 0 fully saturated rings. The Hall–Kier alpha value is -3.25. The minimum Gasteiger partial charge on any atom is -0.481 e. The number of anilines is 2. The standard InChI is InChI=1S/C19H16BrFN4O5S/c1-29-17-10-16(23-19(24-17)30-2)25-31(27,28)13-6-4-12(5-7-13)22-18(26)14-8-3-11(20)9-15(14)21/h3-10H,1-2H3,(H,22,26)(H,23,24,25). The van der Waals surface area contributed by atoms with E-state index in [0.717, 1.165) is 0 Å². The Balaban J connectivity index is 1.76. The van der Waals surface area contributed by atoms with Gasteiger partial charge in [-0.1, -0.05) is 15.9 Å². The highest BCUT2D eigenvalue weighted by atomic mass is 79.9. The molecule has 0 unspecified atom stereocenters. The molecular formula is C19H16BrFN4O5S. The van der Waals surface area contributed by atoms with Crippen LogP contribution in [-0.4, -0.2) is 38.5 Å². The Morgan fingerprint density at radius 1 is 1.03 bits per heavy atom. The van der Waals surface area contributed by atoms with E-state index in [1.54, 1.807) is 0 Å². The Kier molecular flexibility index (Phi) is 6.71. The van der Waals surface area contributed by atoms with Crippen molar-refractivity contribution in [3.8, 4) is 11.9 Å². The van der Waals surface area contributed by atoms with Gasteiger partial charge in [0.25, 0.3) is 15.9 Å². The van der Waals surface area contributed by atoms with Crippen LogP contribution >= 0.6 is 15.9 Å². The number of carbonyl (C=O) groups excluding carboxylic acids is 1. The Morgan fingerprint density at radius 3 is 2.35 bits per heavy atom. The van der Waals surface area contributed by atoms with Gasteiger partial charge in [-0.2, -0.15) is 9.97 Å². The smallest absolute Gasteiger partial charge is 0.321 e. The van der Waals surface area contributed by atoms with Crippen LogP contribution in [0, 0.1) is 5.82 Å². The van der Waals surface area contributed by atoms with Gasteiger partial charge >= 0.3 is 6.01 Å². The maximum absolute atomic E-state index is 13.9. The predicted molar refractivity (Wildman–Crippen MR) is 114 cm³/mol. The Bertz CT molecular complexity index is 1200. The van der Waals surface area contributed by atoms with Crippen LogP contribution in [0.25, 0.3) is 0 Å². The van der Waals surface area contributed by atoms with E-state index in [1.807, 2.05) is 0 Å². The van der Waals surface area contributed by atoms with Crippen LogP contribution in [0.5, 0.6) is 11.9 Å². The zero-order valence-corrected chi connectivity index (χ0v) is 18.6. The van der Waals surface area contributed by atoms with E-state index in [0.29, 0.717) is 4.47 Å². The summed E-state index contributed by atoms with van der Waals surface area (Å²) in [6.07, 6.45) is 0. The molecule has 31 heavy (non-hydrogen) atoms. The number of sulfonamides is 1. The van der Waals surface area contributed by atoms with Crippen molar-refractivity contribution in [2.75, 3.05) is 24.3 Å². The lowest BCUT2D eigenvalue weighted by Gasteiger charge is -2.11. The first-order chi connectivity index (χ1) is 14.7. The fourth-order valence-corrected chi connectivity index (χ4v) is 3.76. The van der Waals surface area contributed by atoms with Gasteiger partial charge < -0.3 is 14.8 Å². The third-order valence-electron chi connectivity index (χ3n) is 3.91. The van der Waals surface area contributed by atoms with E-state index >= 15 is 0 Å². The Morgan fingerprint density at radius 2 is 1.74 bits per heavy atom. The van der Waals surface area contributed by atoms with Crippen molar-refractivity contribution in [3.05, 3.63) is 64.4 Å².